The molecule has 2 heterocycles. The fourth-order valence-corrected chi connectivity index (χ4v) is 4.40. The average molecular weight is 282 g/mol. The first-order valence-corrected chi connectivity index (χ1v) is 8.71. The van der Waals surface area contributed by atoms with Gasteiger partial charge < -0.3 is 14.6 Å². The molecule has 1 N–H and O–H groups in total. The Hall–Kier alpha value is -0.120. The van der Waals surface area contributed by atoms with Gasteiger partial charge in [-0.05, 0) is 57.3 Å². The highest BCUT2D eigenvalue weighted by atomic mass is 16.5. The zero-order chi connectivity index (χ0) is 13.8. The van der Waals surface area contributed by atoms with Gasteiger partial charge in [-0.3, -0.25) is 0 Å². The highest BCUT2D eigenvalue weighted by molar-refractivity contribution is 4.91. The van der Waals surface area contributed by atoms with Gasteiger partial charge in [0.15, 0.2) is 0 Å². The van der Waals surface area contributed by atoms with Crippen molar-refractivity contribution in [2.75, 3.05) is 13.2 Å². The first-order valence-electron chi connectivity index (χ1n) is 8.71. The van der Waals surface area contributed by atoms with E-state index in [2.05, 4.69) is 0 Å². The van der Waals surface area contributed by atoms with Crippen LogP contribution in [0.2, 0.25) is 0 Å². The number of rotatable bonds is 4. The number of aliphatic hydroxyl groups is 1. The van der Waals surface area contributed by atoms with Crippen molar-refractivity contribution in [3.05, 3.63) is 0 Å². The summed E-state index contributed by atoms with van der Waals surface area (Å²) >= 11 is 0. The number of ether oxygens (including phenoxy) is 2. The zero-order valence-electron chi connectivity index (χ0n) is 12.7. The molecule has 3 unspecified atom stereocenters. The van der Waals surface area contributed by atoms with Crippen LogP contribution in [0.3, 0.4) is 0 Å². The van der Waals surface area contributed by atoms with E-state index in [1.807, 2.05) is 0 Å². The second-order valence-electron chi connectivity index (χ2n) is 7.12. The third-order valence-electron chi connectivity index (χ3n) is 5.65. The molecule has 0 aromatic rings. The average Bonchev–Trinajstić information content (AvgIpc) is 2.99. The van der Waals surface area contributed by atoms with Crippen LogP contribution in [-0.2, 0) is 9.47 Å². The Morgan fingerprint density at radius 3 is 2.65 bits per heavy atom. The summed E-state index contributed by atoms with van der Waals surface area (Å²) in [6.45, 7) is 1.77. The van der Waals surface area contributed by atoms with Crippen LogP contribution >= 0.6 is 0 Å². The second-order valence-corrected chi connectivity index (χ2v) is 7.12. The molecular formula is C17H30O3. The van der Waals surface area contributed by atoms with E-state index in [-0.39, 0.29) is 11.7 Å². The van der Waals surface area contributed by atoms with Crippen LogP contribution in [0.25, 0.3) is 0 Å². The smallest absolute Gasteiger partial charge is 0.0686 e. The number of aliphatic hydroxyl groups excluding tert-OH is 1. The lowest BCUT2D eigenvalue weighted by atomic mass is 9.74. The molecule has 3 fully saturated rings. The minimum atomic E-state index is -0.151. The van der Waals surface area contributed by atoms with Gasteiger partial charge in [0, 0.05) is 13.2 Å². The van der Waals surface area contributed by atoms with Gasteiger partial charge in [-0.25, -0.2) is 0 Å². The van der Waals surface area contributed by atoms with E-state index in [4.69, 9.17) is 9.47 Å². The summed E-state index contributed by atoms with van der Waals surface area (Å²) < 4.78 is 11.8. The maximum atomic E-state index is 10.5. The van der Waals surface area contributed by atoms with Crippen molar-refractivity contribution in [3.63, 3.8) is 0 Å². The molecule has 1 saturated carbocycles. The van der Waals surface area contributed by atoms with E-state index in [9.17, 15) is 5.11 Å². The molecule has 3 rings (SSSR count). The Kier molecular flexibility index (Phi) is 5.00. The van der Waals surface area contributed by atoms with Gasteiger partial charge in [-0.15, -0.1) is 0 Å². The molecule has 116 valence electrons. The SMILES string of the molecule is OC(CCC1CCCO1)C1CCOC2(CCCCC2)C1. The monoisotopic (exact) mass is 282 g/mol. The standard InChI is InChI=1S/C17H30O3/c18-16(7-6-15-5-4-11-19-15)14-8-12-20-17(13-14)9-2-1-3-10-17/h14-16,18H,1-13H2. The highest BCUT2D eigenvalue weighted by Crippen LogP contribution is 2.42. The molecule has 3 heteroatoms. The summed E-state index contributed by atoms with van der Waals surface area (Å²) in [4.78, 5) is 0. The molecule has 1 spiro atoms. The third-order valence-corrected chi connectivity index (χ3v) is 5.65. The van der Waals surface area contributed by atoms with Crippen molar-refractivity contribution < 1.29 is 14.6 Å². The van der Waals surface area contributed by atoms with E-state index in [0.29, 0.717) is 12.0 Å². The summed E-state index contributed by atoms with van der Waals surface area (Å²) in [6, 6.07) is 0. The van der Waals surface area contributed by atoms with Crippen LogP contribution < -0.4 is 0 Å². The minimum Gasteiger partial charge on any atom is -0.393 e. The molecule has 2 saturated heterocycles. The molecular weight excluding hydrogens is 252 g/mol. The Morgan fingerprint density at radius 1 is 1.05 bits per heavy atom. The fraction of sp³-hybridized carbons (Fsp3) is 1.00. The lowest BCUT2D eigenvalue weighted by Crippen LogP contribution is -2.44. The van der Waals surface area contributed by atoms with E-state index < -0.39 is 0 Å². The summed E-state index contributed by atoms with van der Waals surface area (Å²) in [7, 11) is 0. The van der Waals surface area contributed by atoms with E-state index in [0.717, 1.165) is 38.9 Å². The van der Waals surface area contributed by atoms with Crippen LogP contribution in [0.15, 0.2) is 0 Å². The first kappa shape index (κ1) is 14.8. The normalized spacial score (nSPS) is 35.2. The minimum absolute atomic E-state index is 0.117. The van der Waals surface area contributed by atoms with E-state index in [1.165, 1.54) is 44.9 Å². The molecule has 3 nitrogen and oxygen atoms in total. The molecule has 0 bridgehead atoms. The summed E-state index contributed by atoms with van der Waals surface area (Å²) in [5, 5.41) is 10.5. The molecule has 0 amide bonds. The Bertz CT molecular complexity index is 287. The third kappa shape index (κ3) is 3.55. The molecule has 0 aromatic carbocycles. The van der Waals surface area contributed by atoms with E-state index >= 15 is 0 Å². The molecule has 2 aliphatic heterocycles. The molecule has 3 atom stereocenters. The van der Waals surface area contributed by atoms with Crippen molar-refractivity contribution in [2.45, 2.75) is 88.4 Å². The lowest BCUT2D eigenvalue weighted by Gasteiger charge is -2.44. The molecule has 20 heavy (non-hydrogen) atoms. The molecule has 3 aliphatic rings. The van der Waals surface area contributed by atoms with Gasteiger partial charge in [0.1, 0.15) is 0 Å². The Labute approximate surface area is 123 Å². The number of hydrogen-bond donors (Lipinski definition) is 1. The van der Waals surface area contributed by atoms with Crippen molar-refractivity contribution in [1.29, 1.82) is 0 Å². The van der Waals surface area contributed by atoms with Crippen molar-refractivity contribution in [2.24, 2.45) is 5.92 Å². The van der Waals surface area contributed by atoms with Crippen LogP contribution in [-0.4, -0.2) is 36.1 Å². The van der Waals surface area contributed by atoms with Gasteiger partial charge in [0.05, 0.1) is 17.8 Å². The van der Waals surface area contributed by atoms with Gasteiger partial charge >= 0.3 is 0 Å². The zero-order valence-corrected chi connectivity index (χ0v) is 12.7. The molecule has 1 aliphatic carbocycles. The number of hydrogen-bond acceptors (Lipinski definition) is 3. The predicted octanol–water partition coefficient (Wildman–Crippen LogP) is 3.44. The van der Waals surface area contributed by atoms with Gasteiger partial charge in [-0.2, -0.15) is 0 Å². The lowest BCUT2D eigenvalue weighted by molar-refractivity contribution is -0.134. The molecule has 0 radical (unpaired) electrons. The second kappa shape index (κ2) is 6.76. The predicted molar refractivity (Wildman–Crippen MR) is 78.7 cm³/mol. The molecule has 0 aromatic heterocycles. The first-order chi connectivity index (χ1) is 9.77. The Balaban J connectivity index is 1.47. The largest absolute Gasteiger partial charge is 0.393 e. The van der Waals surface area contributed by atoms with Crippen LogP contribution in [0, 0.1) is 5.92 Å². The summed E-state index contributed by atoms with van der Waals surface area (Å²) in [6.07, 6.45) is 13.1. The van der Waals surface area contributed by atoms with Gasteiger partial charge in [0.25, 0.3) is 0 Å². The highest BCUT2D eigenvalue weighted by Gasteiger charge is 2.40. The maximum absolute atomic E-state index is 10.5. The summed E-state index contributed by atoms with van der Waals surface area (Å²) in [5.41, 5.74) is 0.117. The van der Waals surface area contributed by atoms with Crippen molar-refractivity contribution in [3.8, 4) is 0 Å². The van der Waals surface area contributed by atoms with E-state index in [1.54, 1.807) is 0 Å². The van der Waals surface area contributed by atoms with Gasteiger partial charge in [-0.1, -0.05) is 19.3 Å². The van der Waals surface area contributed by atoms with Crippen molar-refractivity contribution >= 4 is 0 Å². The summed E-state index contributed by atoms with van der Waals surface area (Å²) in [5.74, 6) is 0.447. The topological polar surface area (TPSA) is 38.7 Å². The Morgan fingerprint density at radius 2 is 1.90 bits per heavy atom. The fourth-order valence-electron chi connectivity index (χ4n) is 4.40. The van der Waals surface area contributed by atoms with Crippen LogP contribution in [0.5, 0.6) is 0 Å². The maximum Gasteiger partial charge on any atom is 0.0686 e. The van der Waals surface area contributed by atoms with Gasteiger partial charge in [0.2, 0.25) is 0 Å². The van der Waals surface area contributed by atoms with Crippen LogP contribution in [0.4, 0.5) is 0 Å². The van der Waals surface area contributed by atoms with Crippen molar-refractivity contribution in [1.82, 2.24) is 0 Å². The van der Waals surface area contributed by atoms with Crippen LogP contribution in [0.1, 0.15) is 70.6 Å². The quantitative estimate of drug-likeness (QED) is 0.858.